The second kappa shape index (κ2) is 15.3. The molecule has 12 rings (SSSR count). The van der Waals surface area contributed by atoms with E-state index in [0.717, 1.165) is 28.4 Å². The maximum Gasteiger partial charge on any atom is 0.0541 e. The van der Waals surface area contributed by atoms with Crippen LogP contribution < -0.4 is 4.90 Å². The fraction of sp³-hybridized carbons (Fsp3) is 0. The number of hydrogen-bond acceptors (Lipinski definition) is 1. The average molecular weight is 804 g/mol. The van der Waals surface area contributed by atoms with Crippen molar-refractivity contribution in [1.82, 2.24) is 9.13 Å². The first-order chi connectivity index (χ1) is 31.2. The van der Waals surface area contributed by atoms with E-state index in [1.165, 1.54) is 77.0 Å². The minimum Gasteiger partial charge on any atom is -0.311 e. The molecule has 63 heavy (non-hydrogen) atoms. The van der Waals surface area contributed by atoms with Crippen molar-refractivity contribution in [2.24, 2.45) is 0 Å². The number of aromatic nitrogens is 2. The highest BCUT2D eigenvalue weighted by molar-refractivity contribution is 6.11. The lowest BCUT2D eigenvalue weighted by atomic mass is 10.00. The average Bonchev–Trinajstić information content (AvgIpc) is 3.88. The highest BCUT2D eigenvalue weighted by Crippen LogP contribution is 2.40. The molecule has 0 fully saturated rings. The fourth-order valence-corrected chi connectivity index (χ4v) is 9.50. The summed E-state index contributed by atoms with van der Waals surface area (Å²) in [5, 5.41) is 5.02. The first-order valence-electron chi connectivity index (χ1n) is 21.6. The van der Waals surface area contributed by atoms with Crippen LogP contribution in [0.2, 0.25) is 0 Å². The molecule has 0 aliphatic carbocycles. The maximum atomic E-state index is 2.37. The van der Waals surface area contributed by atoms with E-state index in [-0.39, 0.29) is 0 Å². The van der Waals surface area contributed by atoms with E-state index in [1.807, 2.05) is 0 Å². The van der Waals surface area contributed by atoms with Gasteiger partial charge in [-0.05, 0) is 124 Å². The van der Waals surface area contributed by atoms with Crippen LogP contribution in [0.1, 0.15) is 0 Å². The molecule has 2 aromatic heterocycles. The minimum atomic E-state index is 1.09. The van der Waals surface area contributed by atoms with Crippen LogP contribution in [-0.4, -0.2) is 9.13 Å². The molecule has 0 N–H and O–H groups in total. The Kier molecular flexibility index (Phi) is 8.83. The molecule has 0 saturated carbocycles. The molecule has 3 heteroatoms. The van der Waals surface area contributed by atoms with E-state index in [1.54, 1.807) is 0 Å². The Morgan fingerprint density at radius 3 is 1.03 bits per heavy atom. The molecule has 3 nitrogen and oxygen atoms in total. The van der Waals surface area contributed by atoms with Gasteiger partial charge >= 0.3 is 0 Å². The van der Waals surface area contributed by atoms with Gasteiger partial charge in [0.25, 0.3) is 0 Å². The van der Waals surface area contributed by atoms with Crippen molar-refractivity contribution in [1.29, 1.82) is 0 Å². The van der Waals surface area contributed by atoms with Gasteiger partial charge in [-0.1, -0.05) is 158 Å². The van der Waals surface area contributed by atoms with E-state index in [0.29, 0.717) is 0 Å². The third-order valence-corrected chi connectivity index (χ3v) is 12.5. The van der Waals surface area contributed by atoms with Crippen molar-refractivity contribution in [2.45, 2.75) is 0 Å². The molecular formula is C60H41N3. The van der Waals surface area contributed by atoms with E-state index >= 15 is 0 Å². The molecule has 0 radical (unpaired) electrons. The third kappa shape index (κ3) is 6.38. The molecule has 0 aliphatic heterocycles. The summed E-state index contributed by atoms with van der Waals surface area (Å²) in [6.07, 6.45) is 0. The molecule has 0 atom stereocenters. The topological polar surface area (TPSA) is 13.1 Å². The number of rotatable bonds is 8. The van der Waals surface area contributed by atoms with Gasteiger partial charge in [0.2, 0.25) is 0 Å². The smallest absolute Gasteiger partial charge is 0.0541 e. The molecule has 0 aliphatic rings. The Bertz CT molecular complexity index is 3510. The molecule has 0 spiro atoms. The summed E-state index contributed by atoms with van der Waals surface area (Å²) < 4.78 is 4.74. The van der Waals surface area contributed by atoms with Gasteiger partial charge in [-0.15, -0.1) is 0 Å². The van der Waals surface area contributed by atoms with Gasteiger partial charge in [0, 0.05) is 50.0 Å². The lowest BCUT2D eigenvalue weighted by molar-refractivity contribution is 1.17. The first-order valence-corrected chi connectivity index (χ1v) is 21.6. The maximum absolute atomic E-state index is 2.37. The third-order valence-electron chi connectivity index (χ3n) is 12.5. The number of fused-ring (bicyclic) bond motifs is 6. The Labute approximate surface area is 366 Å². The lowest BCUT2D eigenvalue weighted by Crippen LogP contribution is -2.10. The van der Waals surface area contributed by atoms with E-state index < -0.39 is 0 Å². The Morgan fingerprint density at radius 1 is 0.222 bits per heavy atom. The molecule has 10 aromatic carbocycles. The predicted molar refractivity (Wildman–Crippen MR) is 266 cm³/mol. The van der Waals surface area contributed by atoms with Crippen molar-refractivity contribution in [3.63, 3.8) is 0 Å². The van der Waals surface area contributed by atoms with Crippen molar-refractivity contribution in [3.8, 4) is 44.8 Å². The zero-order chi connectivity index (χ0) is 41.7. The van der Waals surface area contributed by atoms with Crippen LogP contribution in [0.25, 0.3) is 88.4 Å². The van der Waals surface area contributed by atoms with Gasteiger partial charge in [0.05, 0.1) is 22.1 Å². The molecule has 0 saturated heterocycles. The summed E-state index contributed by atoms with van der Waals surface area (Å²) in [5.41, 5.74) is 17.6. The zero-order valence-corrected chi connectivity index (χ0v) is 34.5. The van der Waals surface area contributed by atoms with Gasteiger partial charge < -0.3 is 14.0 Å². The number of nitrogens with zero attached hydrogens (tertiary/aromatic N) is 3. The van der Waals surface area contributed by atoms with Crippen LogP contribution in [0, 0.1) is 0 Å². The monoisotopic (exact) mass is 803 g/mol. The van der Waals surface area contributed by atoms with Crippen molar-refractivity contribution < 1.29 is 0 Å². The highest BCUT2D eigenvalue weighted by Gasteiger charge is 2.17. The second-order valence-corrected chi connectivity index (χ2v) is 16.2. The molecule has 2 heterocycles. The second-order valence-electron chi connectivity index (χ2n) is 16.2. The predicted octanol–water partition coefficient (Wildman–Crippen LogP) is 16.4. The SMILES string of the molecule is c1ccc(-c2ccc(-c3ccc(N(c4ccc(-c5ccc6c(c5)c5ccccc5n6-c5ccccc5)cc4)c4ccc(-n5c6ccccc6c6ccccc65)cc4)cc3)cc2)cc1. The number of benzene rings is 10. The van der Waals surface area contributed by atoms with Crippen LogP contribution in [0.5, 0.6) is 0 Å². The van der Waals surface area contributed by atoms with E-state index in [2.05, 4.69) is 263 Å². The van der Waals surface area contributed by atoms with Crippen LogP contribution in [-0.2, 0) is 0 Å². The van der Waals surface area contributed by atoms with E-state index in [9.17, 15) is 0 Å². The van der Waals surface area contributed by atoms with Crippen LogP contribution in [0.3, 0.4) is 0 Å². The summed E-state index contributed by atoms with van der Waals surface area (Å²) >= 11 is 0. The van der Waals surface area contributed by atoms with Gasteiger partial charge in [0.1, 0.15) is 0 Å². The van der Waals surface area contributed by atoms with Crippen molar-refractivity contribution in [3.05, 3.63) is 249 Å². The zero-order valence-electron chi connectivity index (χ0n) is 34.5. The lowest BCUT2D eigenvalue weighted by Gasteiger charge is -2.26. The Balaban J connectivity index is 0.926. The quantitative estimate of drug-likeness (QED) is 0.149. The standard InChI is InChI=1S/C60H41N3/c1-3-13-42(14-4-1)43-23-25-44(26-24-43)45-27-32-49(33-28-45)61(51-36-38-52(39-37-51)63-57-20-10-7-17-53(57)54-18-8-11-21-58(54)63)50-34-29-46(30-35-50)47-31-40-60-56(41-47)55-19-9-12-22-59(55)62(60)48-15-5-2-6-16-48/h1-41H. The Morgan fingerprint density at radius 2 is 0.540 bits per heavy atom. The number of hydrogen-bond donors (Lipinski definition) is 0. The molecular weight excluding hydrogens is 763 g/mol. The molecule has 0 amide bonds. The minimum absolute atomic E-state index is 1.09. The largest absolute Gasteiger partial charge is 0.311 e. The number of anilines is 3. The molecule has 0 bridgehead atoms. The highest BCUT2D eigenvalue weighted by atomic mass is 15.1. The summed E-state index contributed by atoms with van der Waals surface area (Å²) in [6, 6.07) is 90.0. The van der Waals surface area contributed by atoms with Gasteiger partial charge in [0.15, 0.2) is 0 Å². The van der Waals surface area contributed by atoms with Crippen molar-refractivity contribution in [2.75, 3.05) is 4.90 Å². The van der Waals surface area contributed by atoms with Crippen LogP contribution in [0.4, 0.5) is 17.1 Å². The van der Waals surface area contributed by atoms with Gasteiger partial charge in [-0.25, -0.2) is 0 Å². The van der Waals surface area contributed by atoms with Crippen LogP contribution in [0.15, 0.2) is 249 Å². The summed E-state index contributed by atoms with van der Waals surface area (Å²) in [5.74, 6) is 0. The van der Waals surface area contributed by atoms with E-state index in [4.69, 9.17) is 0 Å². The van der Waals surface area contributed by atoms with Gasteiger partial charge in [-0.3, -0.25) is 0 Å². The first kappa shape index (κ1) is 36.5. The van der Waals surface area contributed by atoms with Crippen LogP contribution >= 0.6 is 0 Å². The summed E-state index contributed by atoms with van der Waals surface area (Å²) in [4.78, 5) is 2.36. The molecule has 296 valence electrons. The summed E-state index contributed by atoms with van der Waals surface area (Å²) in [6.45, 7) is 0. The summed E-state index contributed by atoms with van der Waals surface area (Å²) in [7, 11) is 0. The molecule has 12 aromatic rings. The van der Waals surface area contributed by atoms with Gasteiger partial charge in [-0.2, -0.15) is 0 Å². The molecule has 0 unspecified atom stereocenters. The Hall–Kier alpha value is -8.40. The fourth-order valence-electron chi connectivity index (χ4n) is 9.50. The number of para-hydroxylation sites is 4. The van der Waals surface area contributed by atoms with Crippen molar-refractivity contribution >= 4 is 60.7 Å². The normalized spacial score (nSPS) is 11.5.